The van der Waals surface area contributed by atoms with Crippen LogP contribution >= 0.6 is 0 Å². The number of hydrogen-bond donors (Lipinski definition) is 0. The number of piperazine rings is 1. The molecule has 2 heterocycles. The van der Waals surface area contributed by atoms with Gasteiger partial charge in [0, 0.05) is 32.7 Å². The molecule has 7 nitrogen and oxygen atoms in total. The molecule has 0 atom stereocenters. The van der Waals surface area contributed by atoms with Crippen molar-refractivity contribution in [2.45, 2.75) is 20.3 Å². The van der Waals surface area contributed by atoms with Crippen molar-refractivity contribution in [2.24, 2.45) is 0 Å². The molecule has 0 unspecified atom stereocenters. The number of carbonyl (C=O) groups is 2. The molecule has 1 amide bonds. The predicted molar refractivity (Wildman–Crippen MR) is 75.0 cm³/mol. The van der Waals surface area contributed by atoms with E-state index < -0.39 is 0 Å². The summed E-state index contributed by atoms with van der Waals surface area (Å²) in [7, 11) is 1.39. The van der Waals surface area contributed by atoms with E-state index in [2.05, 4.69) is 14.8 Å². The van der Waals surface area contributed by atoms with Crippen LogP contribution in [-0.4, -0.2) is 66.7 Å². The minimum atomic E-state index is -0.204. The van der Waals surface area contributed by atoms with Gasteiger partial charge in [-0.25, -0.2) is 0 Å². The molecule has 1 aliphatic rings. The first kappa shape index (κ1) is 15.5. The number of esters is 1. The maximum atomic E-state index is 12.5. The summed E-state index contributed by atoms with van der Waals surface area (Å²) >= 11 is 0. The van der Waals surface area contributed by atoms with Crippen LogP contribution in [-0.2, 0) is 9.53 Å². The number of nitrogens with zero attached hydrogens (tertiary/aromatic N) is 3. The topological polar surface area (TPSA) is 75.9 Å². The number of methoxy groups -OCH3 is 1. The lowest BCUT2D eigenvalue weighted by Crippen LogP contribution is -2.49. The zero-order valence-corrected chi connectivity index (χ0v) is 12.7. The Morgan fingerprint density at radius 1 is 1.24 bits per heavy atom. The number of amides is 1. The lowest BCUT2D eigenvalue weighted by molar-refractivity contribution is -0.141. The van der Waals surface area contributed by atoms with E-state index in [0.29, 0.717) is 43.1 Å². The Balaban J connectivity index is 1.86. The van der Waals surface area contributed by atoms with Gasteiger partial charge in [-0.3, -0.25) is 14.5 Å². The molecular formula is C14H21N3O4. The Morgan fingerprint density at radius 3 is 2.43 bits per heavy atom. The van der Waals surface area contributed by atoms with Gasteiger partial charge in [-0.1, -0.05) is 5.16 Å². The Bertz CT molecular complexity index is 499. The molecule has 0 saturated carbocycles. The molecule has 7 heteroatoms. The lowest BCUT2D eigenvalue weighted by atomic mass is 10.1. The molecule has 0 radical (unpaired) electrons. The van der Waals surface area contributed by atoms with E-state index >= 15 is 0 Å². The summed E-state index contributed by atoms with van der Waals surface area (Å²) in [6.07, 6.45) is 0.383. The largest absolute Gasteiger partial charge is 0.469 e. The average molecular weight is 295 g/mol. The van der Waals surface area contributed by atoms with Crippen molar-refractivity contribution >= 4 is 11.9 Å². The van der Waals surface area contributed by atoms with Gasteiger partial charge in [-0.15, -0.1) is 0 Å². The minimum absolute atomic E-state index is 0.0288. The molecule has 0 N–H and O–H groups in total. The standard InChI is InChI=1S/C14H21N3O4/c1-10-13(11(2)21-15-10)14(19)17-8-6-16(7-9-17)5-4-12(18)20-3/h4-9H2,1-3H3. The van der Waals surface area contributed by atoms with Crippen LogP contribution in [0, 0.1) is 13.8 Å². The molecule has 116 valence electrons. The Hall–Kier alpha value is -1.89. The van der Waals surface area contributed by atoms with E-state index in [4.69, 9.17) is 4.52 Å². The molecule has 1 aliphatic heterocycles. The highest BCUT2D eigenvalue weighted by molar-refractivity contribution is 5.96. The summed E-state index contributed by atoms with van der Waals surface area (Å²) in [6, 6.07) is 0. The minimum Gasteiger partial charge on any atom is -0.469 e. The summed E-state index contributed by atoms with van der Waals surface area (Å²) in [5.74, 6) is 0.328. The van der Waals surface area contributed by atoms with Crippen molar-refractivity contribution in [2.75, 3.05) is 39.8 Å². The second-order valence-electron chi connectivity index (χ2n) is 5.16. The van der Waals surface area contributed by atoms with Crippen LogP contribution in [0.5, 0.6) is 0 Å². The fraction of sp³-hybridized carbons (Fsp3) is 0.643. The lowest BCUT2D eigenvalue weighted by Gasteiger charge is -2.34. The van der Waals surface area contributed by atoms with Gasteiger partial charge in [0.2, 0.25) is 0 Å². The summed E-state index contributed by atoms with van der Waals surface area (Å²) in [5.41, 5.74) is 1.20. The van der Waals surface area contributed by atoms with Gasteiger partial charge < -0.3 is 14.2 Å². The summed E-state index contributed by atoms with van der Waals surface area (Å²) in [6.45, 7) is 6.99. The van der Waals surface area contributed by atoms with E-state index in [9.17, 15) is 9.59 Å². The molecule has 2 rings (SSSR count). The molecule has 21 heavy (non-hydrogen) atoms. The van der Waals surface area contributed by atoms with Gasteiger partial charge in [0.05, 0.1) is 19.2 Å². The maximum absolute atomic E-state index is 12.5. The first-order valence-electron chi connectivity index (χ1n) is 7.04. The number of rotatable bonds is 4. The van der Waals surface area contributed by atoms with Gasteiger partial charge in [0.15, 0.2) is 0 Å². The van der Waals surface area contributed by atoms with Crippen LogP contribution in [0.2, 0.25) is 0 Å². The number of aryl methyl sites for hydroxylation is 2. The van der Waals surface area contributed by atoms with Gasteiger partial charge in [-0.05, 0) is 13.8 Å². The van der Waals surface area contributed by atoms with Crippen LogP contribution in [0.25, 0.3) is 0 Å². The quantitative estimate of drug-likeness (QED) is 0.758. The summed E-state index contributed by atoms with van der Waals surface area (Å²) in [5, 5.41) is 3.82. The first-order chi connectivity index (χ1) is 10.0. The Morgan fingerprint density at radius 2 is 1.90 bits per heavy atom. The third-order valence-corrected chi connectivity index (χ3v) is 3.77. The number of hydrogen-bond acceptors (Lipinski definition) is 6. The second kappa shape index (κ2) is 6.71. The highest BCUT2D eigenvalue weighted by atomic mass is 16.5. The van der Waals surface area contributed by atoms with Crippen molar-refractivity contribution in [1.29, 1.82) is 0 Å². The fourth-order valence-corrected chi connectivity index (χ4v) is 2.47. The molecule has 1 aromatic heterocycles. The van der Waals surface area contributed by atoms with Crippen molar-refractivity contribution in [1.82, 2.24) is 15.0 Å². The molecule has 1 fully saturated rings. The van der Waals surface area contributed by atoms with Gasteiger partial charge >= 0.3 is 5.97 Å². The van der Waals surface area contributed by atoms with E-state index in [1.54, 1.807) is 18.7 Å². The first-order valence-corrected chi connectivity index (χ1v) is 7.04. The zero-order valence-electron chi connectivity index (χ0n) is 12.7. The fourth-order valence-electron chi connectivity index (χ4n) is 2.47. The van der Waals surface area contributed by atoms with Crippen molar-refractivity contribution < 1.29 is 18.8 Å². The predicted octanol–water partition coefficient (Wildman–Crippen LogP) is 0.612. The van der Waals surface area contributed by atoms with Gasteiger partial charge in [-0.2, -0.15) is 0 Å². The molecule has 1 saturated heterocycles. The van der Waals surface area contributed by atoms with Crippen LogP contribution in [0.1, 0.15) is 28.2 Å². The van der Waals surface area contributed by atoms with Gasteiger partial charge in [0.1, 0.15) is 11.3 Å². The van der Waals surface area contributed by atoms with E-state index in [0.717, 1.165) is 13.1 Å². The summed E-state index contributed by atoms with van der Waals surface area (Å²) < 4.78 is 9.67. The van der Waals surface area contributed by atoms with Crippen LogP contribution in [0.3, 0.4) is 0 Å². The maximum Gasteiger partial charge on any atom is 0.306 e. The number of ether oxygens (including phenoxy) is 1. The van der Waals surface area contributed by atoms with Gasteiger partial charge in [0.25, 0.3) is 5.91 Å². The zero-order chi connectivity index (χ0) is 15.4. The molecule has 0 aliphatic carbocycles. The van der Waals surface area contributed by atoms with E-state index in [-0.39, 0.29) is 11.9 Å². The Labute approximate surface area is 123 Å². The number of carbonyl (C=O) groups excluding carboxylic acids is 2. The normalized spacial score (nSPS) is 16.0. The Kier molecular flexibility index (Phi) is 4.95. The molecular weight excluding hydrogens is 274 g/mol. The van der Waals surface area contributed by atoms with Crippen LogP contribution in [0.15, 0.2) is 4.52 Å². The van der Waals surface area contributed by atoms with E-state index in [1.807, 2.05) is 0 Å². The smallest absolute Gasteiger partial charge is 0.306 e. The van der Waals surface area contributed by atoms with Crippen LogP contribution < -0.4 is 0 Å². The second-order valence-corrected chi connectivity index (χ2v) is 5.16. The monoisotopic (exact) mass is 295 g/mol. The SMILES string of the molecule is COC(=O)CCN1CCN(C(=O)c2c(C)noc2C)CC1. The van der Waals surface area contributed by atoms with Crippen molar-refractivity contribution in [3.63, 3.8) is 0 Å². The highest BCUT2D eigenvalue weighted by Crippen LogP contribution is 2.16. The van der Waals surface area contributed by atoms with Crippen molar-refractivity contribution in [3.05, 3.63) is 17.0 Å². The average Bonchev–Trinajstić information content (AvgIpc) is 2.83. The highest BCUT2D eigenvalue weighted by Gasteiger charge is 2.26. The molecule has 0 bridgehead atoms. The summed E-state index contributed by atoms with van der Waals surface area (Å²) in [4.78, 5) is 27.5. The molecule has 0 spiro atoms. The molecule has 1 aromatic rings. The van der Waals surface area contributed by atoms with Crippen LogP contribution in [0.4, 0.5) is 0 Å². The third kappa shape index (κ3) is 3.60. The number of aromatic nitrogens is 1. The molecule has 0 aromatic carbocycles. The van der Waals surface area contributed by atoms with E-state index in [1.165, 1.54) is 7.11 Å². The third-order valence-electron chi connectivity index (χ3n) is 3.77. The van der Waals surface area contributed by atoms with Crippen molar-refractivity contribution in [3.8, 4) is 0 Å².